The van der Waals surface area contributed by atoms with E-state index < -0.39 is 12.0 Å². The molecule has 0 spiro atoms. The van der Waals surface area contributed by atoms with Crippen LogP contribution in [0.15, 0.2) is 5.51 Å². The number of carbonyl (C=O) groups excluding carboxylic acids is 1. The second-order valence-corrected chi connectivity index (χ2v) is 6.59. The minimum atomic E-state index is -1.00. The predicted molar refractivity (Wildman–Crippen MR) is 74.4 cm³/mol. The summed E-state index contributed by atoms with van der Waals surface area (Å²) >= 11 is 1.22. The molecule has 1 heterocycles. The summed E-state index contributed by atoms with van der Waals surface area (Å²) < 4.78 is 0. The number of hydrogen-bond donors (Lipinski definition) is 2. The Bertz CT molecular complexity index is 463. The average Bonchev–Trinajstić information content (AvgIpc) is 2.68. The number of carboxylic acid groups (broad SMARTS) is 1. The van der Waals surface area contributed by atoms with Crippen molar-refractivity contribution in [1.29, 1.82) is 0 Å². The first-order valence-electron chi connectivity index (χ1n) is 6.14. The van der Waals surface area contributed by atoms with Gasteiger partial charge in [-0.25, -0.2) is 9.78 Å². The topological polar surface area (TPSA) is 79.3 Å². The number of nitrogens with one attached hydrogen (secondary N) is 1. The van der Waals surface area contributed by atoms with Crippen molar-refractivity contribution < 1.29 is 14.7 Å². The van der Waals surface area contributed by atoms with Crippen molar-refractivity contribution >= 4 is 23.2 Å². The molecule has 1 rings (SSSR count). The molecule has 1 unspecified atom stereocenters. The third-order valence-electron chi connectivity index (χ3n) is 2.74. The van der Waals surface area contributed by atoms with Crippen molar-refractivity contribution in [2.24, 2.45) is 5.41 Å². The van der Waals surface area contributed by atoms with E-state index in [0.717, 1.165) is 6.42 Å². The zero-order valence-electron chi connectivity index (χ0n) is 11.7. The molecule has 1 aromatic heterocycles. The summed E-state index contributed by atoms with van der Waals surface area (Å²) in [5.74, 6) is -1.36. The van der Waals surface area contributed by atoms with Gasteiger partial charge in [0, 0.05) is 0 Å². The van der Waals surface area contributed by atoms with Crippen LogP contribution in [0, 0.1) is 12.3 Å². The summed E-state index contributed by atoms with van der Waals surface area (Å²) in [5, 5.41) is 11.7. The molecule has 0 fully saturated rings. The van der Waals surface area contributed by atoms with E-state index in [1.807, 2.05) is 20.8 Å². The van der Waals surface area contributed by atoms with Crippen LogP contribution in [0.3, 0.4) is 0 Å². The monoisotopic (exact) mass is 284 g/mol. The van der Waals surface area contributed by atoms with Crippen LogP contribution in [0.25, 0.3) is 0 Å². The van der Waals surface area contributed by atoms with Crippen molar-refractivity contribution in [3.63, 3.8) is 0 Å². The molecule has 0 aliphatic heterocycles. The van der Waals surface area contributed by atoms with Gasteiger partial charge < -0.3 is 10.4 Å². The quantitative estimate of drug-likeness (QED) is 0.870. The molecule has 6 heteroatoms. The summed E-state index contributed by atoms with van der Waals surface area (Å²) in [7, 11) is 0. The molecule has 0 bridgehead atoms. The lowest BCUT2D eigenvalue weighted by molar-refractivity contribution is -0.139. The summed E-state index contributed by atoms with van der Waals surface area (Å²) in [4.78, 5) is 27.6. The maximum Gasteiger partial charge on any atom is 0.326 e. The third-order valence-corrected chi connectivity index (χ3v) is 3.67. The Kier molecular flexibility index (Phi) is 5.05. The second-order valence-electron chi connectivity index (χ2n) is 5.73. The van der Waals surface area contributed by atoms with Gasteiger partial charge in [-0.1, -0.05) is 20.8 Å². The lowest BCUT2D eigenvalue weighted by atomic mass is 9.88. The van der Waals surface area contributed by atoms with Crippen LogP contribution in [0.5, 0.6) is 0 Å². The van der Waals surface area contributed by atoms with Crippen molar-refractivity contribution in [3.8, 4) is 0 Å². The van der Waals surface area contributed by atoms with Crippen molar-refractivity contribution in [2.45, 2.75) is 46.6 Å². The third kappa shape index (κ3) is 4.98. The van der Waals surface area contributed by atoms with Crippen LogP contribution in [-0.2, 0) is 4.79 Å². The van der Waals surface area contributed by atoms with Crippen molar-refractivity contribution in [3.05, 3.63) is 16.1 Å². The molecule has 19 heavy (non-hydrogen) atoms. The van der Waals surface area contributed by atoms with Gasteiger partial charge >= 0.3 is 5.97 Å². The highest BCUT2D eigenvalue weighted by Crippen LogP contribution is 2.22. The zero-order chi connectivity index (χ0) is 14.6. The number of rotatable bonds is 5. The maximum absolute atomic E-state index is 12.0. The minimum Gasteiger partial charge on any atom is -0.480 e. The second kappa shape index (κ2) is 6.14. The SMILES string of the molecule is Cc1ncsc1C(=O)NC(CCC(C)(C)C)C(=O)O. The number of hydrogen-bond acceptors (Lipinski definition) is 4. The van der Waals surface area contributed by atoms with Crippen LogP contribution in [-0.4, -0.2) is 28.0 Å². The van der Waals surface area contributed by atoms with Gasteiger partial charge in [0.25, 0.3) is 5.91 Å². The molecule has 0 saturated heterocycles. The highest BCUT2D eigenvalue weighted by Gasteiger charge is 2.24. The Morgan fingerprint density at radius 1 is 1.47 bits per heavy atom. The number of aliphatic carboxylic acids is 1. The normalized spacial score (nSPS) is 13.1. The average molecular weight is 284 g/mol. The fourth-order valence-corrected chi connectivity index (χ4v) is 2.28. The Morgan fingerprint density at radius 3 is 2.53 bits per heavy atom. The van der Waals surface area contributed by atoms with Crippen molar-refractivity contribution in [2.75, 3.05) is 0 Å². The first-order valence-corrected chi connectivity index (χ1v) is 7.02. The minimum absolute atomic E-state index is 0.0405. The van der Waals surface area contributed by atoms with E-state index in [1.54, 1.807) is 12.4 Å². The molecule has 2 N–H and O–H groups in total. The lowest BCUT2D eigenvalue weighted by Gasteiger charge is -2.21. The maximum atomic E-state index is 12.0. The Hall–Kier alpha value is -1.43. The molecule has 0 aliphatic rings. The highest BCUT2D eigenvalue weighted by atomic mass is 32.1. The van der Waals surface area contributed by atoms with Gasteiger partial charge in [-0.15, -0.1) is 11.3 Å². The number of thiazole rings is 1. The summed E-state index contributed by atoms with van der Waals surface area (Å²) in [6, 6.07) is -0.853. The number of nitrogens with zero attached hydrogens (tertiary/aromatic N) is 1. The van der Waals surface area contributed by atoms with Crippen LogP contribution in [0.1, 0.15) is 49.0 Å². The summed E-state index contributed by atoms with van der Waals surface area (Å²) in [6.07, 6.45) is 1.15. The molecule has 0 aromatic carbocycles. The molecule has 5 nitrogen and oxygen atoms in total. The fraction of sp³-hybridized carbons (Fsp3) is 0.615. The molecule has 106 valence electrons. The van der Waals surface area contributed by atoms with Gasteiger partial charge in [0.05, 0.1) is 11.2 Å². The predicted octanol–water partition coefficient (Wildman–Crippen LogP) is 2.46. The number of carboxylic acids is 1. The zero-order valence-corrected chi connectivity index (χ0v) is 12.5. The van der Waals surface area contributed by atoms with Crippen LogP contribution < -0.4 is 5.32 Å². The summed E-state index contributed by atoms with van der Waals surface area (Å²) in [6.45, 7) is 7.86. The largest absolute Gasteiger partial charge is 0.480 e. The molecule has 1 aromatic rings. The molecule has 0 aliphatic carbocycles. The first-order chi connectivity index (χ1) is 8.70. The van der Waals surface area contributed by atoms with Gasteiger partial charge in [0.2, 0.25) is 0 Å². The van der Waals surface area contributed by atoms with E-state index in [1.165, 1.54) is 11.3 Å². The Labute approximate surface area is 117 Å². The number of amides is 1. The molecule has 0 saturated carbocycles. The number of carbonyl (C=O) groups is 2. The molecule has 1 amide bonds. The molecular formula is C13H20N2O3S. The molecule has 0 radical (unpaired) electrons. The molecular weight excluding hydrogens is 264 g/mol. The standard InChI is InChI=1S/C13H20N2O3S/c1-8-10(19-7-14-8)11(16)15-9(12(17)18)5-6-13(2,3)4/h7,9H,5-6H2,1-4H3,(H,15,16)(H,17,18). The summed E-state index contributed by atoms with van der Waals surface area (Å²) in [5.41, 5.74) is 2.25. The van der Waals surface area contributed by atoms with Crippen molar-refractivity contribution in [1.82, 2.24) is 10.3 Å². The van der Waals surface area contributed by atoms with Gasteiger partial charge in [-0.05, 0) is 25.2 Å². The number of aromatic nitrogens is 1. The van der Waals surface area contributed by atoms with Crippen LogP contribution in [0.4, 0.5) is 0 Å². The van der Waals surface area contributed by atoms with E-state index in [0.29, 0.717) is 17.0 Å². The smallest absolute Gasteiger partial charge is 0.326 e. The van der Waals surface area contributed by atoms with Crippen LogP contribution in [0.2, 0.25) is 0 Å². The lowest BCUT2D eigenvalue weighted by Crippen LogP contribution is -2.41. The van der Waals surface area contributed by atoms with Gasteiger partial charge in [-0.3, -0.25) is 4.79 Å². The van der Waals surface area contributed by atoms with E-state index in [4.69, 9.17) is 5.11 Å². The van der Waals surface area contributed by atoms with E-state index in [-0.39, 0.29) is 11.3 Å². The Balaban J connectivity index is 2.67. The molecule has 1 atom stereocenters. The van der Waals surface area contributed by atoms with Gasteiger partial charge in [0.1, 0.15) is 10.9 Å². The fourth-order valence-electron chi connectivity index (χ4n) is 1.58. The van der Waals surface area contributed by atoms with Gasteiger partial charge in [0.15, 0.2) is 0 Å². The van der Waals surface area contributed by atoms with E-state index in [9.17, 15) is 9.59 Å². The van der Waals surface area contributed by atoms with E-state index >= 15 is 0 Å². The van der Waals surface area contributed by atoms with Gasteiger partial charge in [-0.2, -0.15) is 0 Å². The Morgan fingerprint density at radius 2 is 2.11 bits per heavy atom. The van der Waals surface area contributed by atoms with Crippen LogP contribution >= 0.6 is 11.3 Å². The highest BCUT2D eigenvalue weighted by molar-refractivity contribution is 7.11. The number of aryl methyl sites for hydroxylation is 1. The first kappa shape index (κ1) is 15.6. The van der Waals surface area contributed by atoms with E-state index in [2.05, 4.69) is 10.3 Å².